The summed E-state index contributed by atoms with van der Waals surface area (Å²) >= 11 is 0. The van der Waals surface area contributed by atoms with Crippen LogP contribution in [0.5, 0.6) is 0 Å². The number of aliphatic carboxylic acids is 1. The predicted molar refractivity (Wildman–Crippen MR) is 37.6 cm³/mol. The molecule has 0 amide bonds. The van der Waals surface area contributed by atoms with Crippen molar-refractivity contribution in [2.75, 3.05) is 6.61 Å². The van der Waals surface area contributed by atoms with E-state index in [1.54, 1.807) is 0 Å². The average molecular weight is 196 g/mol. The molecular formula is C7H10F2O4. The second kappa shape index (κ2) is 2.88. The number of hydrogen-bond donors (Lipinski definition) is 2. The minimum absolute atomic E-state index is 0.0550. The van der Waals surface area contributed by atoms with Gasteiger partial charge in [-0.1, -0.05) is 0 Å². The summed E-state index contributed by atoms with van der Waals surface area (Å²) < 4.78 is 30.6. The molecule has 0 aromatic carbocycles. The fraction of sp³-hybridized carbons (Fsp3) is 0.857. The van der Waals surface area contributed by atoms with Crippen LogP contribution in [-0.2, 0) is 9.53 Å². The van der Waals surface area contributed by atoms with Crippen LogP contribution in [0.2, 0.25) is 0 Å². The van der Waals surface area contributed by atoms with Crippen LogP contribution < -0.4 is 0 Å². The lowest BCUT2D eigenvalue weighted by Crippen LogP contribution is -2.57. The molecule has 0 bridgehead atoms. The number of hydrogen-bond acceptors (Lipinski definition) is 3. The van der Waals surface area contributed by atoms with E-state index >= 15 is 0 Å². The molecule has 0 aromatic heterocycles. The van der Waals surface area contributed by atoms with Crippen molar-refractivity contribution in [2.24, 2.45) is 0 Å². The Bertz CT molecular complexity index is 231. The van der Waals surface area contributed by atoms with Gasteiger partial charge in [0, 0.05) is 6.42 Å². The fourth-order valence-corrected chi connectivity index (χ4v) is 1.33. The summed E-state index contributed by atoms with van der Waals surface area (Å²) in [5.41, 5.74) is -2.58. The molecule has 1 aliphatic heterocycles. The van der Waals surface area contributed by atoms with Crippen molar-refractivity contribution in [1.82, 2.24) is 0 Å². The second-order valence-electron chi connectivity index (χ2n) is 3.07. The van der Waals surface area contributed by atoms with E-state index < -0.39 is 23.6 Å². The molecule has 0 radical (unpaired) electrons. The van der Waals surface area contributed by atoms with Crippen LogP contribution >= 0.6 is 0 Å². The topological polar surface area (TPSA) is 66.8 Å². The van der Waals surface area contributed by atoms with Crippen molar-refractivity contribution >= 4 is 5.97 Å². The molecule has 1 saturated heterocycles. The van der Waals surface area contributed by atoms with Gasteiger partial charge in [0.05, 0.1) is 12.7 Å². The summed E-state index contributed by atoms with van der Waals surface area (Å²) in [7, 11) is 0. The number of carboxylic acids is 1. The number of halogens is 2. The van der Waals surface area contributed by atoms with Crippen molar-refractivity contribution in [2.45, 2.75) is 31.0 Å². The number of carbonyl (C=O) groups is 1. The number of ether oxygens (including phenoxy) is 1. The summed E-state index contributed by atoms with van der Waals surface area (Å²) in [4.78, 5) is 10.2. The normalized spacial score (nSPS) is 34.9. The Labute approximate surface area is 73.1 Å². The van der Waals surface area contributed by atoms with Gasteiger partial charge in [-0.3, -0.25) is 0 Å². The lowest BCUT2D eigenvalue weighted by molar-refractivity contribution is -0.218. The minimum atomic E-state index is -4.16. The molecule has 0 aromatic rings. The van der Waals surface area contributed by atoms with E-state index in [4.69, 9.17) is 9.84 Å². The highest BCUT2D eigenvalue weighted by Crippen LogP contribution is 2.39. The van der Waals surface area contributed by atoms with Crippen LogP contribution in [0.1, 0.15) is 13.3 Å². The molecule has 2 unspecified atom stereocenters. The fourth-order valence-electron chi connectivity index (χ4n) is 1.33. The van der Waals surface area contributed by atoms with Crippen molar-refractivity contribution in [3.05, 3.63) is 0 Å². The Morgan fingerprint density at radius 3 is 2.54 bits per heavy atom. The highest BCUT2D eigenvalue weighted by atomic mass is 19.3. The zero-order chi connectivity index (χ0) is 10.3. The molecule has 1 rings (SSSR count). The van der Waals surface area contributed by atoms with E-state index in [9.17, 15) is 18.7 Å². The van der Waals surface area contributed by atoms with Gasteiger partial charge in [-0.15, -0.1) is 0 Å². The highest BCUT2D eigenvalue weighted by Gasteiger charge is 2.63. The number of alkyl halides is 2. The zero-order valence-electron chi connectivity index (χ0n) is 6.96. The zero-order valence-corrected chi connectivity index (χ0v) is 6.96. The smallest absolute Gasteiger partial charge is 0.377 e. The summed E-state index contributed by atoms with van der Waals surface area (Å²) in [6, 6.07) is 0. The minimum Gasteiger partial charge on any atom is -0.477 e. The summed E-state index contributed by atoms with van der Waals surface area (Å²) in [5.74, 6) is -6.49. The predicted octanol–water partition coefficient (Wildman–Crippen LogP) is 0.246. The van der Waals surface area contributed by atoms with Gasteiger partial charge in [-0.2, -0.15) is 8.78 Å². The lowest BCUT2D eigenvalue weighted by Gasteiger charge is -2.31. The Morgan fingerprint density at radius 1 is 1.69 bits per heavy atom. The van der Waals surface area contributed by atoms with Crippen molar-refractivity contribution in [1.29, 1.82) is 0 Å². The molecule has 6 heteroatoms. The summed E-state index contributed by atoms with van der Waals surface area (Å²) in [6.07, 6.45) is -1.54. The SMILES string of the molecule is CC1OCCC1(O)C(F)(F)C(=O)O. The van der Waals surface area contributed by atoms with Gasteiger partial charge in [0.1, 0.15) is 0 Å². The van der Waals surface area contributed by atoms with E-state index in [1.165, 1.54) is 6.92 Å². The highest BCUT2D eigenvalue weighted by molar-refractivity contribution is 5.77. The number of carboxylic acid groups (broad SMARTS) is 1. The molecule has 1 heterocycles. The Kier molecular flexibility index (Phi) is 2.29. The van der Waals surface area contributed by atoms with Gasteiger partial charge < -0.3 is 14.9 Å². The third-order valence-corrected chi connectivity index (χ3v) is 2.34. The van der Waals surface area contributed by atoms with Gasteiger partial charge in [0.2, 0.25) is 0 Å². The maximum atomic E-state index is 13.0. The Hall–Kier alpha value is -0.750. The van der Waals surface area contributed by atoms with Crippen LogP contribution in [0.4, 0.5) is 8.78 Å². The maximum Gasteiger partial charge on any atom is 0.377 e. The largest absolute Gasteiger partial charge is 0.477 e. The molecule has 4 nitrogen and oxygen atoms in total. The number of rotatable bonds is 2. The second-order valence-corrected chi connectivity index (χ2v) is 3.07. The van der Waals surface area contributed by atoms with Crippen LogP contribution in [0.3, 0.4) is 0 Å². The van der Waals surface area contributed by atoms with Gasteiger partial charge in [-0.05, 0) is 6.92 Å². The van der Waals surface area contributed by atoms with E-state index in [2.05, 4.69) is 0 Å². The molecular weight excluding hydrogens is 186 g/mol. The number of aliphatic hydroxyl groups is 1. The van der Waals surface area contributed by atoms with E-state index in [0.29, 0.717) is 0 Å². The maximum absolute atomic E-state index is 13.0. The van der Waals surface area contributed by atoms with Gasteiger partial charge in [0.25, 0.3) is 0 Å². The standard InChI is InChI=1S/C7H10F2O4/c1-4-6(12,2-3-13-4)7(8,9)5(10)11/h4,12H,2-3H2,1H3,(H,10,11). The average Bonchev–Trinajstić information content (AvgIpc) is 2.33. The molecule has 0 aliphatic carbocycles. The van der Waals surface area contributed by atoms with Crippen LogP contribution in [0.25, 0.3) is 0 Å². The summed E-state index contributed by atoms with van der Waals surface area (Å²) in [5, 5.41) is 17.6. The molecule has 0 saturated carbocycles. The monoisotopic (exact) mass is 196 g/mol. The molecule has 1 fully saturated rings. The van der Waals surface area contributed by atoms with Crippen LogP contribution in [-0.4, -0.2) is 40.4 Å². The molecule has 2 atom stereocenters. The Balaban J connectivity index is 2.97. The van der Waals surface area contributed by atoms with E-state index in [1.807, 2.05) is 0 Å². The quantitative estimate of drug-likeness (QED) is 0.664. The first-order valence-corrected chi connectivity index (χ1v) is 3.77. The van der Waals surface area contributed by atoms with Crippen molar-refractivity contribution in [3.63, 3.8) is 0 Å². The van der Waals surface area contributed by atoms with Crippen LogP contribution in [0, 0.1) is 0 Å². The Morgan fingerprint density at radius 2 is 2.23 bits per heavy atom. The molecule has 76 valence electrons. The first-order valence-electron chi connectivity index (χ1n) is 3.77. The van der Waals surface area contributed by atoms with E-state index in [-0.39, 0.29) is 13.0 Å². The molecule has 1 aliphatic rings. The van der Waals surface area contributed by atoms with E-state index in [0.717, 1.165) is 0 Å². The van der Waals surface area contributed by atoms with Gasteiger partial charge >= 0.3 is 11.9 Å². The third-order valence-electron chi connectivity index (χ3n) is 2.34. The lowest BCUT2D eigenvalue weighted by atomic mass is 9.89. The first-order chi connectivity index (χ1) is 5.82. The van der Waals surface area contributed by atoms with Crippen molar-refractivity contribution < 1.29 is 28.5 Å². The first kappa shape index (κ1) is 10.3. The van der Waals surface area contributed by atoms with Crippen LogP contribution in [0.15, 0.2) is 0 Å². The molecule has 0 spiro atoms. The molecule has 2 N–H and O–H groups in total. The van der Waals surface area contributed by atoms with Gasteiger partial charge in [0.15, 0.2) is 5.60 Å². The molecule has 13 heavy (non-hydrogen) atoms. The van der Waals surface area contributed by atoms with Crippen molar-refractivity contribution in [3.8, 4) is 0 Å². The summed E-state index contributed by atoms with van der Waals surface area (Å²) in [6.45, 7) is 1.17. The van der Waals surface area contributed by atoms with Gasteiger partial charge in [-0.25, -0.2) is 4.79 Å². The third kappa shape index (κ3) is 1.30.